The van der Waals surface area contributed by atoms with E-state index in [0.29, 0.717) is 16.1 Å². The minimum absolute atomic E-state index is 0.0953. The summed E-state index contributed by atoms with van der Waals surface area (Å²) in [5.74, 6) is 1.80. The second-order valence-electron chi connectivity index (χ2n) is 6.56. The Morgan fingerprint density at radius 3 is 2.79 bits per heavy atom. The van der Waals surface area contributed by atoms with Gasteiger partial charge in [0.1, 0.15) is 12.7 Å². The van der Waals surface area contributed by atoms with Crippen LogP contribution < -0.4 is 0 Å². The van der Waals surface area contributed by atoms with Crippen LogP contribution in [-0.2, 0) is 0 Å². The summed E-state index contributed by atoms with van der Waals surface area (Å²) in [6.07, 6.45) is 11.1. The summed E-state index contributed by atoms with van der Waals surface area (Å²) in [6, 6.07) is 3.65. The van der Waals surface area contributed by atoms with Gasteiger partial charge < -0.3 is 4.90 Å². The Balaban J connectivity index is 1.48. The molecule has 2 fully saturated rings. The zero-order chi connectivity index (χ0) is 16.4. The smallest absolute Gasteiger partial charge is 0.255 e. The van der Waals surface area contributed by atoms with E-state index < -0.39 is 0 Å². The lowest BCUT2D eigenvalue weighted by atomic mass is 9.87. The molecule has 1 saturated carbocycles. The van der Waals surface area contributed by atoms with Crippen molar-refractivity contribution in [1.82, 2.24) is 24.6 Å². The van der Waals surface area contributed by atoms with Gasteiger partial charge in [0.25, 0.3) is 5.91 Å². The Hall–Kier alpha value is -1.89. The monoisotopic (exact) mass is 343 g/mol. The molecule has 1 spiro atoms. The number of pyridine rings is 1. The molecule has 0 radical (unpaired) electrons. The van der Waals surface area contributed by atoms with Crippen LogP contribution in [0.15, 0.2) is 31.0 Å². The highest BCUT2D eigenvalue weighted by molar-refractivity contribution is 8.00. The molecule has 1 aliphatic carbocycles. The molecular weight excluding hydrogens is 322 g/mol. The largest absolute Gasteiger partial charge is 0.336 e. The zero-order valence-corrected chi connectivity index (χ0v) is 14.4. The van der Waals surface area contributed by atoms with Gasteiger partial charge >= 0.3 is 0 Å². The first kappa shape index (κ1) is 15.6. The Kier molecular flexibility index (Phi) is 4.26. The van der Waals surface area contributed by atoms with E-state index in [1.807, 2.05) is 17.0 Å². The minimum Gasteiger partial charge on any atom is -0.336 e. The average molecular weight is 343 g/mol. The summed E-state index contributed by atoms with van der Waals surface area (Å²) >= 11 is 2.08. The number of carbonyl (C=O) groups excluding carboxylic acids is 1. The molecule has 0 bridgehead atoms. The maximum Gasteiger partial charge on any atom is 0.255 e. The summed E-state index contributed by atoms with van der Waals surface area (Å²) in [6.45, 7) is 1.71. The third-order valence-electron chi connectivity index (χ3n) is 4.95. The van der Waals surface area contributed by atoms with Crippen molar-refractivity contribution in [2.24, 2.45) is 0 Å². The SMILES string of the molecule is O=C(c1ccc(-n2cncn2)nc1)N1CCSC2(CCCCC2)C1. The van der Waals surface area contributed by atoms with Crippen molar-refractivity contribution in [3.63, 3.8) is 0 Å². The lowest BCUT2D eigenvalue weighted by Crippen LogP contribution is -2.49. The molecule has 2 aromatic rings. The third kappa shape index (κ3) is 3.05. The van der Waals surface area contributed by atoms with E-state index in [9.17, 15) is 4.79 Å². The van der Waals surface area contributed by atoms with E-state index in [0.717, 1.165) is 18.8 Å². The van der Waals surface area contributed by atoms with Gasteiger partial charge in [0.05, 0.1) is 5.56 Å². The van der Waals surface area contributed by atoms with Gasteiger partial charge in [0.2, 0.25) is 0 Å². The van der Waals surface area contributed by atoms with E-state index >= 15 is 0 Å². The Labute approximate surface area is 145 Å². The standard InChI is InChI=1S/C17H21N5OS/c23-16(14-4-5-15(19-10-14)22-13-18-12-20-22)21-8-9-24-17(11-21)6-2-1-3-7-17/h4-5,10,12-13H,1-3,6-9,11H2. The molecular formula is C17H21N5OS. The van der Waals surface area contributed by atoms with Gasteiger partial charge in [-0.1, -0.05) is 19.3 Å². The van der Waals surface area contributed by atoms with Gasteiger partial charge in [-0.15, -0.1) is 0 Å². The Morgan fingerprint density at radius 2 is 2.08 bits per heavy atom. The number of thioether (sulfide) groups is 1. The first-order chi connectivity index (χ1) is 11.8. The number of amides is 1. The fraction of sp³-hybridized carbons (Fsp3) is 0.529. The van der Waals surface area contributed by atoms with Crippen LogP contribution in [-0.4, -0.2) is 54.1 Å². The van der Waals surface area contributed by atoms with Crippen molar-refractivity contribution in [2.75, 3.05) is 18.8 Å². The highest BCUT2D eigenvalue weighted by Gasteiger charge is 2.38. The maximum atomic E-state index is 12.9. The molecule has 2 aliphatic rings. The lowest BCUT2D eigenvalue weighted by Gasteiger charge is -2.44. The molecule has 0 aromatic carbocycles. The van der Waals surface area contributed by atoms with E-state index in [4.69, 9.17) is 0 Å². The van der Waals surface area contributed by atoms with Crippen molar-refractivity contribution in [3.05, 3.63) is 36.5 Å². The summed E-state index contributed by atoms with van der Waals surface area (Å²) in [5.41, 5.74) is 0.650. The molecule has 2 aromatic heterocycles. The van der Waals surface area contributed by atoms with E-state index in [2.05, 4.69) is 26.8 Å². The van der Waals surface area contributed by atoms with Gasteiger partial charge in [0.15, 0.2) is 5.82 Å². The van der Waals surface area contributed by atoms with Crippen molar-refractivity contribution in [2.45, 2.75) is 36.9 Å². The third-order valence-corrected chi connectivity index (χ3v) is 6.49. The molecule has 1 amide bonds. The summed E-state index contributed by atoms with van der Waals surface area (Å²) in [7, 11) is 0. The molecule has 126 valence electrons. The highest BCUT2D eigenvalue weighted by Crippen LogP contribution is 2.42. The van der Waals surface area contributed by atoms with E-state index in [1.54, 1.807) is 17.2 Å². The topological polar surface area (TPSA) is 63.9 Å². The number of rotatable bonds is 2. The van der Waals surface area contributed by atoms with Gasteiger partial charge in [-0.25, -0.2) is 14.6 Å². The molecule has 3 heterocycles. The number of hydrogen-bond donors (Lipinski definition) is 0. The quantitative estimate of drug-likeness (QED) is 0.838. The normalized spacial score (nSPS) is 20.2. The van der Waals surface area contributed by atoms with Crippen molar-refractivity contribution < 1.29 is 4.79 Å². The molecule has 1 saturated heterocycles. The van der Waals surface area contributed by atoms with Crippen LogP contribution in [0, 0.1) is 0 Å². The van der Waals surface area contributed by atoms with Gasteiger partial charge in [0, 0.05) is 29.8 Å². The molecule has 24 heavy (non-hydrogen) atoms. The van der Waals surface area contributed by atoms with Crippen LogP contribution >= 0.6 is 11.8 Å². The fourth-order valence-corrected chi connectivity index (χ4v) is 5.24. The number of hydrogen-bond acceptors (Lipinski definition) is 5. The molecule has 0 unspecified atom stereocenters. The van der Waals surface area contributed by atoms with Crippen molar-refractivity contribution in [1.29, 1.82) is 0 Å². The van der Waals surface area contributed by atoms with E-state index in [-0.39, 0.29) is 5.91 Å². The molecule has 7 heteroatoms. The zero-order valence-electron chi connectivity index (χ0n) is 13.6. The van der Waals surface area contributed by atoms with Gasteiger partial charge in [-0.2, -0.15) is 16.9 Å². The van der Waals surface area contributed by atoms with Crippen LogP contribution in [0.3, 0.4) is 0 Å². The summed E-state index contributed by atoms with van der Waals surface area (Å²) in [4.78, 5) is 23.1. The predicted octanol–water partition coefficient (Wildman–Crippen LogP) is 2.55. The molecule has 1 aliphatic heterocycles. The molecule has 0 N–H and O–H groups in total. The first-order valence-electron chi connectivity index (χ1n) is 8.50. The Bertz CT molecular complexity index is 689. The van der Waals surface area contributed by atoms with Crippen LogP contribution in [0.1, 0.15) is 42.5 Å². The van der Waals surface area contributed by atoms with Crippen LogP contribution in [0.4, 0.5) is 0 Å². The number of carbonyl (C=O) groups is 1. The van der Waals surface area contributed by atoms with Gasteiger partial charge in [-0.3, -0.25) is 4.79 Å². The van der Waals surface area contributed by atoms with Crippen molar-refractivity contribution in [3.8, 4) is 5.82 Å². The predicted molar refractivity (Wildman–Crippen MR) is 93.3 cm³/mol. The second-order valence-corrected chi connectivity index (χ2v) is 8.13. The summed E-state index contributed by atoms with van der Waals surface area (Å²) in [5, 5.41) is 4.05. The average Bonchev–Trinajstić information content (AvgIpc) is 3.17. The molecule has 4 rings (SSSR count). The van der Waals surface area contributed by atoms with Gasteiger partial charge in [-0.05, 0) is 25.0 Å². The lowest BCUT2D eigenvalue weighted by molar-refractivity contribution is 0.0729. The second kappa shape index (κ2) is 6.55. The number of nitrogens with zero attached hydrogens (tertiary/aromatic N) is 5. The molecule has 6 nitrogen and oxygen atoms in total. The van der Waals surface area contributed by atoms with Crippen LogP contribution in [0.2, 0.25) is 0 Å². The first-order valence-corrected chi connectivity index (χ1v) is 9.49. The van der Waals surface area contributed by atoms with Crippen molar-refractivity contribution >= 4 is 17.7 Å². The summed E-state index contributed by atoms with van der Waals surface area (Å²) < 4.78 is 1.88. The number of aromatic nitrogens is 4. The maximum absolute atomic E-state index is 12.9. The van der Waals surface area contributed by atoms with Crippen LogP contribution in [0.5, 0.6) is 0 Å². The highest BCUT2D eigenvalue weighted by atomic mass is 32.2. The van der Waals surface area contributed by atoms with E-state index in [1.165, 1.54) is 38.4 Å². The Morgan fingerprint density at radius 1 is 1.21 bits per heavy atom. The minimum atomic E-state index is 0.0953. The molecule has 0 atom stereocenters. The fourth-order valence-electron chi connectivity index (χ4n) is 3.67. The van der Waals surface area contributed by atoms with Crippen LogP contribution in [0.25, 0.3) is 5.82 Å².